The van der Waals surface area contributed by atoms with Gasteiger partial charge in [-0.1, -0.05) is 43.2 Å². The fourth-order valence-corrected chi connectivity index (χ4v) is 4.26. The number of fused-ring (bicyclic) bond motifs is 2. The number of nitrogens with one attached hydrogen (secondary N) is 1. The van der Waals surface area contributed by atoms with Crippen LogP contribution in [0.15, 0.2) is 53.9 Å². The van der Waals surface area contributed by atoms with Crippen molar-refractivity contribution in [2.45, 2.75) is 31.2 Å². The fraction of sp³-hybridized carbons (Fsp3) is 0.286. The van der Waals surface area contributed by atoms with Gasteiger partial charge in [0.25, 0.3) is 5.91 Å². The van der Waals surface area contributed by atoms with Crippen molar-refractivity contribution >= 4 is 17.7 Å². The normalized spacial score (nSPS) is 17.6. The molecule has 0 radical (unpaired) electrons. The molecule has 3 N–H and O–H groups in total. The lowest BCUT2D eigenvalue weighted by atomic mass is 9.85. The molecule has 1 aromatic heterocycles. The van der Waals surface area contributed by atoms with Gasteiger partial charge in [-0.3, -0.25) is 14.4 Å². The first-order valence-electron chi connectivity index (χ1n) is 9.21. The Morgan fingerprint density at radius 2 is 1.79 bits per heavy atom. The highest BCUT2D eigenvalue weighted by molar-refractivity contribution is 6.26. The number of carbonyl (C=O) groups excluding carboxylic acids is 2. The molecule has 1 spiro atoms. The molecule has 4 rings (SSSR count). The summed E-state index contributed by atoms with van der Waals surface area (Å²) >= 11 is 0. The van der Waals surface area contributed by atoms with Crippen LogP contribution >= 0.6 is 0 Å². The lowest BCUT2D eigenvalue weighted by Crippen LogP contribution is -2.44. The minimum atomic E-state index is -1.22. The van der Waals surface area contributed by atoms with Gasteiger partial charge in [0, 0.05) is 11.8 Å². The Kier molecular flexibility index (Phi) is 4.30. The lowest BCUT2D eigenvalue weighted by Gasteiger charge is -2.36. The molecule has 2 aromatic rings. The zero-order chi connectivity index (χ0) is 19.9. The van der Waals surface area contributed by atoms with E-state index >= 15 is 0 Å². The maximum absolute atomic E-state index is 13.1. The Balaban J connectivity index is 1.83. The minimum Gasteiger partial charge on any atom is -0.509 e. The summed E-state index contributed by atoms with van der Waals surface area (Å²) in [4.78, 5) is 36.4. The van der Waals surface area contributed by atoms with E-state index in [0.717, 1.165) is 24.0 Å². The molecular weight excluding hydrogens is 360 g/mol. The standard InChI is InChI=1S/C21H20N2O5/c24-16(25)11-22-20(28)17-18(26)15-10-14(13-6-2-1-3-7-13)12-23(15)21(19(17)27)8-4-5-9-21/h1-3,6-7,10,12,27H,4-5,8-9,11H2,(H,22,28)(H,24,25). The predicted octanol–water partition coefficient (Wildman–Crippen LogP) is 2.63. The van der Waals surface area contributed by atoms with E-state index in [2.05, 4.69) is 5.32 Å². The lowest BCUT2D eigenvalue weighted by molar-refractivity contribution is -0.137. The van der Waals surface area contributed by atoms with E-state index in [1.165, 1.54) is 0 Å². The third-order valence-corrected chi connectivity index (χ3v) is 5.58. The van der Waals surface area contributed by atoms with E-state index in [1.807, 2.05) is 36.5 Å². The first-order valence-corrected chi connectivity index (χ1v) is 9.21. The average Bonchev–Trinajstić information content (AvgIpc) is 3.34. The Labute approximate surface area is 161 Å². The zero-order valence-electron chi connectivity index (χ0n) is 15.1. The number of carboxylic acid groups (broad SMARTS) is 1. The third kappa shape index (κ3) is 2.70. The SMILES string of the molecule is O=C(O)CNC(=O)C1=C(O)C2(CCCC2)n2cc(-c3ccccc3)cc2C1=O. The summed E-state index contributed by atoms with van der Waals surface area (Å²) in [5, 5.41) is 22.0. The highest BCUT2D eigenvalue weighted by Gasteiger charge is 2.49. The van der Waals surface area contributed by atoms with Crippen molar-refractivity contribution in [2.24, 2.45) is 0 Å². The molecule has 1 aliphatic carbocycles. The molecular formula is C21H20N2O5. The van der Waals surface area contributed by atoms with Crippen LogP contribution in [0.1, 0.15) is 36.2 Å². The average molecular weight is 380 g/mol. The smallest absolute Gasteiger partial charge is 0.322 e. The number of aromatic nitrogens is 1. The van der Waals surface area contributed by atoms with Gasteiger partial charge < -0.3 is 20.1 Å². The molecule has 0 unspecified atom stereocenters. The maximum Gasteiger partial charge on any atom is 0.322 e. The molecule has 1 amide bonds. The number of rotatable bonds is 4. The number of aliphatic hydroxyl groups excluding tert-OH is 1. The van der Waals surface area contributed by atoms with Crippen LogP contribution in [0.2, 0.25) is 0 Å². The summed E-state index contributed by atoms with van der Waals surface area (Å²) < 4.78 is 1.80. The van der Waals surface area contributed by atoms with Crippen molar-refractivity contribution < 1.29 is 24.6 Å². The van der Waals surface area contributed by atoms with E-state index in [4.69, 9.17) is 5.11 Å². The Hall–Kier alpha value is -3.35. The third-order valence-electron chi connectivity index (χ3n) is 5.58. The number of hydrogen-bond acceptors (Lipinski definition) is 4. The van der Waals surface area contributed by atoms with Crippen LogP contribution in [0, 0.1) is 0 Å². The number of nitrogens with zero attached hydrogens (tertiary/aromatic N) is 1. The molecule has 2 aliphatic rings. The number of aliphatic carboxylic acids is 1. The topological polar surface area (TPSA) is 109 Å². The van der Waals surface area contributed by atoms with Crippen molar-refractivity contribution in [2.75, 3.05) is 6.54 Å². The first kappa shape index (κ1) is 18.0. The summed E-state index contributed by atoms with van der Waals surface area (Å²) in [5.74, 6) is -2.94. The van der Waals surface area contributed by atoms with Gasteiger partial charge in [0.15, 0.2) is 0 Å². The molecule has 7 heteroatoms. The van der Waals surface area contributed by atoms with Crippen LogP contribution in [-0.2, 0) is 15.1 Å². The molecule has 1 saturated carbocycles. The van der Waals surface area contributed by atoms with Gasteiger partial charge in [-0.2, -0.15) is 0 Å². The molecule has 0 atom stereocenters. The molecule has 0 saturated heterocycles. The fourth-order valence-electron chi connectivity index (χ4n) is 4.26. The van der Waals surface area contributed by atoms with Gasteiger partial charge in [0.1, 0.15) is 23.4 Å². The van der Waals surface area contributed by atoms with Crippen LogP contribution in [-0.4, -0.2) is 39.0 Å². The van der Waals surface area contributed by atoms with Gasteiger partial charge in [-0.05, 0) is 24.5 Å². The van der Waals surface area contributed by atoms with Crippen molar-refractivity contribution in [1.82, 2.24) is 9.88 Å². The number of aliphatic hydroxyl groups is 1. The largest absolute Gasteiger partial charge is 0.509 e. The van der Waals surface area contributed by atoms with Crippen LogP contribution in [0.4, 0.5) is 0 Å². The number of carbonyl (C=O) groups is 3. The number of Topliss-reactive ketones (excluding diaryl/α,β-unsaturated/α-hetero) is 1. The Morgan fingerprint density at radius 3 is 2.43 bits per heavy atom. The van der Waals surface area contributed by atoms with Gasteiger partial charge in [0.2, 0.25) is 5.78 Å². The number of allylic oxidation sites excluding steroid dienone is 1. The maximum atomic E-state index is 13.1. The molecule has 28 heavy (non-hydrogen) atoms. The second kappa shape index (κ2) is 6.67. The van der Waals surface area contributed by atoms with Crippen LogP contribution in [0.3, 0.4) is 0 Å². The van der Waals surface area contributed by atoms with E-state index < -0.39 is 29.7 Å². The summed E-state index contributed by atoms with van der Waals surface area (Å²) in [5.41, 5.74) is 0.899. The second-order valence-corrected chi connectivity index (χ2v) is 7.22. The van der Waals surface area contributed by atoms with Gasteiger partial charge in [0.05, 0.1) is 5.69 Å². The number of carboxylic acids is 1. The van der Waals surface area contributed by atoms with E-state index in [1.54, 1.807) is 10.6 Å². The van der Waals surface area contributed by atoms with Crippen molar-refractivity contribution in [3.8, 4) is 11.1 Å². The molecule has 1 fully saturated rings. The van der Waals surface area contributed by atoms with Crippen LogP contribution in [0.5, 0.6) is 0 Å². The van der Waals surface area contributed by atoms with E-state index in [9.17, 15) is 19.5 Å². The Morgan fingerprint density at radius 1 is 1.11 bits per heavy atom. The number of hydrogen-bond donors (Lipinski definition) is 3. The quantitative estimate of drug-likeness (QED) is 0.707. The number of ketones is 1. The summed E-state index contributed by atoms with van der Waals surface area (Å²) in [6, 6.07) is 11.3. The molecule has 7 nitrogen and oxygen atoms in total. The van der Waals surface area contributed by atoms with Crippen molar-refractivity contribution in [3.63, 3.8) is 0 Å². The summed E-state index contributed by atoms with van der Waals surface area (Å²) in [6.45, 7) is -0.619. The highest BCUT2D eigenvalue weighted by Crippen LogP contribution is 2.47. The first-order chi connectivity index (χ1) is 13.4. The number of benzene rings is 1. The van der Waals surface area contributed by atoms with Gasteiger partial charge >= 0.3 is 5.97 Å². The zero-order valence-corrected chi connectivity index (χ0v) is 15.1. The highest BCUT2D eigenvalue weighted by atomic mass is 16.4. The molecule has 1 aliphatic heterocycles. The second-order valence-electron chi connectivity index (χ2n) is 7.22. The minimum absolute atomic E-state index is 0.263. The summed E-state index contributed by atoms with van der Waals surface area (Å²) in [6.07, 6.45) is 4.80. The van der Waals surface area contributed by atoms with Crippen LogP contribution < -0.4 is 5.32 Å². The van der Waals surface area contributed by atoms with Gasteiger partial charge in [-0.15, -0.1) is 0 Å². The van der Waals surface area contributed by atoms with Crippen molar-refractivity contribution in [1.29, 1.82) is 0 Å². The molecule has 144 valence electrons. The molecule has 2 heterocycles. The van der Waals surface area contributed by atoms with E-state index in [0.29, 0.717) is 18.5 Å². The van der Waals surface area contributed by atoms with E-state index in [-0.39, 0.29) is 11.3 Å². The van der Waals surface area contributed by atoms with Crippen LogP contribution in [0.25, 0.3) is 11.1 Å². The summed E-state index contributed by atoms with van der Waals surface area (Å²) in [7, 11) is 0. The Bertz CT molecular complexity index is 997. The predicted molar refractivity (Wildman–Crippen MR) is 101 cm³/mol. The monoisotopic (exact) mass is 380 g/mol. The molecule has 1 aromatic carbocycles. The van der Waals surface area contributed by atoms with Crippen molar-refractivity contribution in [3.05, 3.63) is 59.6 Å². The molecule has 0 bridgehead atoms. The number of amides is 1. The van der Waals surface area contributed by atoms with Gasteiger partial charge in [-0.25, -0.2) is 0 Å².